The van der Waals surface area contributed by atoms with Crippen LogP contribution in [0.2, 0.25) is 0 Å². The Bertz CT molecular complexity index is 740. The minimum absolute atomic E-state index is 0.0708. The number of carbonyl (C=O) groups excluding carboxylic acids is 2. The number of carbonyl (C=O) groups is 2. The fourth-order valence-electron chi connectivity index (χ4n) is 2.62. The molecule has 0 spiro atoms. The lowest BCUT2D eigenvalue weighted by Gasteiger charge is -2.30. The summed E-state index contributed by atoms with van der Waals surface area (Å²) in [7, 11) is 0. The molecule has 1 fully saturated rings. The second-order valence-corrected chi connectivity index (χ2v) is 6.04. The van der Waals surface area contributed by atoms with Crippen LogP contribution in [0.15, 0.2) is 54.3 Å². The number of rotatable bonds is 9. The molecule has 2 amide bonds. The summed E-state index contributed by atoms with van der Waals surface area (Å²) in [5.74, 6) is 0.274. The van der Waals surface area contributed by atoms with Gasteiger partial charge in [0.05, 0.1) is 0 Å². The van der Waals surface area contributed by atoms with E-state index < -0.39 is 5.83 Å². The van der Waals surface area contributed by atoms with Crippen molar-refractivity contribution in [3.8, 4) is 5.75 Å². The molecule has 0 radical (unpaired) electrons. The molecular weight excluding hydrogens is 351 g/mol. The minimum atomic E-state index is -0.663. The van der Waals surface area contributed by atoms with Crippen LogP contribution in [0.1, 0.15) is 19.8 Å². The van der Waals surface area contributed by atoms with Gasteiger partial charge in [0.1, 0.15) is 11.6 Å². The molecule has 0 atom stereocenters. The molecule has 2 heterocycles. The van der Waals surface area contributed by atoms with Crippen LogP contribution >= 0.6 is 0 Å². The van der Waals surface area contributed by atoms with Gasteiger partial charge in [0.25, 0.3) is 0 Å². The maximum absolute atomic E-state index is 14.3. The molecule has 1 saturated heterocycles. The van der Waals surface area contributed by atoms with Crippen molar-refractivity contribution in [1.29, 1.82) is 0 Å². The molecule has 144 valence electrons. The van der Waals surface area contributed by atoms with Crippen LogP contribution in [-0.2, 0) is 9.59 Å². The lowest BCUT2D eigenvalue weighted by molar-refractivity contribution is -0.119. The van der Waals surface area contributed by atoms with Gasteiger partial charge in [-0.25, -0.2) is 9.37 Å². The molecule has 8 heteroatoms. The smallest absolute Gasteiger partial charge is 0.211 e. The maximum atomic E-state index is 14.3. The molecule has 2 rings (SSSR count). The van der Waals surface area contributed by atoms with Gasteiger partial charge in [0.2, 0.25) is 12.8 Å². The van der Waals surface area contributed by atoms with Gasteiger partial charge in [-0.2, -0.15) is 0 Å². The van der Waals surface area contributed by atoms with E-state index in [1.165, 1.54) is 6.08 Å². The van der Waals surface area contributed by atoms with Gasteiger partial charge in [0, 0.05) is 37.1 Å². The molecule has 1 aromatic rings. The van der Waals surface area contributed by atoms with Gasteiger partial charge >= 0.3 is 0 Å². The Balaban J connectivity index is 2.05. The average Bonchev–Trinajstić information content (AvgIpc) is 2.67. The number of amides is 2. The Labute approximate surface area is 157 Å². The second kappa shape index (κ2) is 10.1. The van der Waals surface area contributed by atoms with Crippen molar-refractivity contribution in [3.63, 3.8) is 0 Å². The normalized spacial score (nSPS) is 16.2. The monoisotopic (exact) mass is 374 g/mol. The van der Waals surface area contributed by atoms with Gasteiger partial charge in [-0.15, -0.1) is 0 Å². The SMILES string of the molecule is C=C/C(Oc1ccnc(NC2CCN(C=O)CC2)c1)=C(F)\C=C(/C)NC=O. The summed E-state index contributed by atoms with van der Waals surface area (Å²) in [6.45, 7) is 6.51. The van der Waals surface area contributed by atoms with Crippen molar-refractivity contribution in [2.45, 2.75) is 25.8 Å². The first-order valence-electron chi connectivity index (χ1n) is 8.56. The average molecular weight is 374 g/mol. The first-order chi connectivity index (χ1) is 13.0. The second-order valence-electron chi connectivity index (χ2n) is 6.04. The number of nitrogens with zero attached hydrogens (tertiary/aromatic N) is 2. The summed E-state index contributed by atoms with van der Waals surface area (Å²) in [5.41, 5.74) is 0.337. The highest BCUT2D eigenvalue weighted by Crippen LogP contribution is 2.22. The summed E-state index contributed by atoms with van der Waals surface area (Å²) < 4.78 is 19.8. The van der Waals surface area contributed by atoms with Crippen LogP contribution in [0, 0.1) is 0 Å². The van der Waals surface area contributed by atoms with E-state index in [4.69, 9.17) is 4.74 Å². The Morgan fingerprint density at radius 3 is 2.78 bits per heavy atom. The van der Waals surface area contributed by atoms with E-state index in [-0.39, 0.29) is 11.8 Å². The number of pyridine rings is 1. The first-order valence-corrected chi connectivity index (χ1v) is 8.56. The van der Waals surface area contributed by atoms with Gasteiger partial charge in [-0.1, -0.05) is 6.58 Å². The Hall–Kier alpha value is -3.16. The molecule has 1 aromatic heterocycles. The summed E-state index contributed by atoms with van der Waals surface area (Å²) in [5, 5.41) is 5.66. The highest BCUT2D eigenvalue weighted by Gasteiger charge is 2.18. The fraction of sp³-hybridized carbons (Fsp3) is 0.316. The van der Waals surface area contributed by atoms with E-state index in [0.717, 1.165) is 25.3 Å². The van der Waals surface area contributed by atoms with Crippen molar-refractivity contribution in [2.24, 2.45) is 0 Å². The molecule has 0 unspecified atom stereocenters. The Morgan fingerprint density at radius 2 is 2.15 bits per heavy atom. The lowest BCUT2D eigenvalue weighted by Crippen LogP contribution is -2.38. The molecule has 0 saturated carbocycles. The molecule has 1 aliphatic heterocycles. The summed E-state index contributed by atoms with van der Waals surface area (Å²) in [6.07, 6.45) is 6.94. The highest BCUT2D eigenvalue weighted by molar-refractivity contribution is 5.50. The van der Waals surface area contributed by atoms with Gasteiger partial charge in [-0.3, -0.25) is 9.59 Å². The van der Waals surface area contributed by atoms with E-state index in [1.807, 2.05) is 0 Å². The zero-order valence-corrected chi connectivity index (χ0v) is 15.2. The molecule has 27 heavy (non-hydrogen) atoms. The number of aromatic nitrogens is 1. The van der Waals surface area contributed by atoms with Crippen molar-refractivity contribution in [1.82, 2.24) is 15.2 Å². The predicted molar refractivity (Wildman–Crippen MR) is 100 cm³/mol. The van der Waals surface area contributed by atoms with Gasteiger partial charge < -0.3 is 20.3 Å². The number of hydrogen-bond acceptors (Lipinski definition) is 5. The first kappa shape index (κ1) is 20.2. The summed E-state index contributed by atoms with van der Waals surface area (Å²) in [6, 6.07) is 3.48. The van der Waals surface area contributed by atoms with E-state index in [0.29, 0.717) is 36.8 Å². The number of hydrogen-bond donors (Lipinski definition) is 2. The maximum Gasteiger partial charge on any atom is 0.211 e. The van der Waals surface area contributed by atoms with Crippen LogP contribution < -0.4 is 15.4 Å². The topological polar surface area (TPSA) is 83.6 Å². The minimum Gasteiger partial charge on any atom is -0.454 e. The standard InChI is InChI=1S/C19H23FN4O3/c1-3-18(17(20)10-14(2)22-12-25)27-16-4-7-21-19(11-16)23-15-5-8-24(13-26)9-6-15/h3-4,7,10-13,15H,1,5-6,8-9H2,2H3,(H,21,23)(H,22,25)/b14-10+,18-17-. The van der Waals surface area contributed by atoms with Crippen molar-refractivity contribution >= 4 is 18.6 Å². The number of nitrogens with one attached hydrogen (secondary N) is 2. The number of allylic oxidation sites excluding steroid dienone is 4. The van der Waals surface area contributed by atoms with Gasteiger partial charge in [-0.05, 0) is 38.0 Å². The van der Waals surface area contributed by atoms with Crippen LogP contribution in [0.5, 0.6) is 5.75 Å². The van der Waals surface area contributed by atoms with Crippen LogP contribution in [0.25, 0.3) is 0 Å². The van der Waals surface area contributed by atoms with Gasteiger partial charge in [0.15, 0.2) is 11.6 Å². The lowest BCUT2D eigenvalue weighted by atomic mass is 10.1. The van der Waals surface area contributed by atoms with E-state index in [2.05, 4.69) is 22.2 Å². The van der Waals surface area contributed by atoms with Crippen LogP contribution in [-0.4, -0.2) is 41.8 Å². The largest absolute Gasteiger partial charge is 0.454 e. The molecular formula is C19H23FN4O3. The Kier molecular flexibility index (Phi) is 7.54. The van der Waals surface area contributed by atoms with Crippen molar-refractivity contribution in [3.05, 3.63) is 54.3 Å². The molecule has 0 bridgehead atoms. The Morgan fingerprint density at radius 1 is 1.41 bits per heavy atom. The quantitative estimate of drug-likeness (QED) is 0.394. The fourth-order valence-corrected chi connectivity index (χ4v) is 2.62. The number of likely N-dealkylation sites (tertiary alicyclic amines) is 1. The zero-order chi connectivity index (χ0) is 19.6. The number of halogens is 1. The third kappa shape index (κ3) is 6.25. The predicted octanol–water partition coefficient (Wildman–Crippen LogP) is 2.51. The van der Waals surface area contributed by atoms with Crippen molar-refractivity contribution in [2.75, 3.05) is 18.4 Å². The number of ether oxygens (including phenoxy) is 1. The highest BCUT2D eigenvalue weighted by atomic mass is 19.1. The summed E-state index contributed by atoms with van der Waals surface area (Å²) >= 11 is 0. The van der Waals surface area contributed by atoms with Crippen molar-refractivity contribution < 1.29 is 18.7 Å². The van der Waals surface area contributed by atoms with Crippen LogP contribution in [0.3, 0.4) is 0 Å². The number of anilines is 1. The van der Waals surface area contributed by atoms with E-state index in [1.54, 1.807) is 30.2 Å². The molecule has 0 aromatic carbocycles. The zero-order valence-electron chi connectivity index (χ0n) is 15.2. The molecule has 2 N–H and O–H groups in total. The number of piperidine rings is 1. The summed E-state index contributed by atoms with van der Waals surface area (Å²) in [4.78, 5) is 27.1. The molecule has 7 nitrogen and oxygen atoms in total. The van der Waals surface area contributed by atoms with Crippen LogP contribution in [0.4, 0.5) is 10.2 Å². The molecule has 1 aliphatic rings. The third-order valence-electron chi connectivity index (χ3n) is 4.04. The molecule has 0 aliphatic carbocycles. The van der Waals surface area contributed by atoms with E-state index in [9.17, 15) is 14.0 Å². The van der Waals surface area contributed by atoms with E-state index >= 15 is 0 Å². The third-order valence-corrected chi connectivity index (χ3v) is 4.04.